The van der Waals surface area contributed by atoms with Crippen LogP contribution in [0.3, 0.4) is 0 Å². The first-order valence-electron chi connectivity index (χ1n) is 3.82. The van der Waals surface area contributed by atoms with Gasteiger partial charge in [-0.15, -0.1) is 0 Å². The van der Waals surface area contributed by atoms with Crippen molar-refractivity contribution in [2.75, 3.05) is 6.61 Å². The number of aliphatic hydroxyl groups excluding tert-OH is 1. The Morgan fingerprint density at radius 3 is 2.57 bits per heavy atom. The van der Waals surface area contributed by atoms with Crippen LogP contribution in [0, 0.1) is 17.7 Å². The van der Waals surface area contributed by atoms with Gasteiger partial charge < -0.3 is 5.11 Å². The first-order valence-corrected chi connectivity index (χ1v) is 3.82. The van der Waals surface area contributed by atoms with E-state index in [1.165, 1.54) is 6.07 Å². The summed E-state index contributed by atoms with van der Waals surface area (Å²) in [7, 11) is 0. The fraction of sp³-hybridized carbons (Fsp3) is 0.200. The molecule has 0 saturated heterocycles. The molecule has 0 aliphatic rings. The van der Waals surface area contributed by atoms with E-state index in [9.17, 15) is 13.2 Å². The molecule has 0 atom stereocenters. The molecule has 14 heavy (non-hydrogen) atoms. The second-order valence-electron chi connectivity index (χ2n) is 2.50. The maximum absolute atomic E-state index is 12.9. The quantitative estimate of drug-likeness (QED) is 0.688. The summed E-state index contributed by atoms with van der Waals surface area (Å²) in [4.78, 5) is 0. The lowest BCUT2D eigenvalue weighted by Crippen LogP contribution is -1.91. The smallest absolute Gasteiger partial charge is 0.266 e. The Morgan fingerprint density at radius 2 is 2.07 bits per heavy atom. The molecule has 0 aromatic heterocycles. The van der Waals surface area contributed by atoms with Gasteiger partial charge in [-0.25, -0.2) is 13.2 Å². The molecule has 0 spiro atoms. The number of alkyl halides is 2. The molecule has 1 aromatic carbocycles. The van der Waals surface area contributed by atoms with E-state index in [4.69, 9.17) is 5.11 Å². The number of hydrogen-bond donors (Lipinski definition) is 1. The summed E-state index contributed by atoms with van der Waals surface area (Å²) in [6.07, 6.45) is -2.82. The molecule has 0 amide bonds. The molecular weight excluding hydrogens is 193 g/mol. The molecule has 74 valence electrons. The maximum Gasteiger partial charge on any atom is 0.266 e. The molecule has 0 bridgehead atoms. The van der Waals surface area contributed by atoms with Crippen LogP contribution in [0.5, 0.6) is 0 Å². The van der Waals surface area contributed by atoms with Gasteiger partial charge in [0.2, 0.25) is 0 Å². The van der Waals surface area contributed by atoms with Crippen LogP contribution in [0.15, 0.2) is 18.2 Å². The van der Waals surface area contributed by atoms with Gasteiger partial charge in [0.05, 0.1) is 5.56 Å². The van der Waals surface area contributed by atoms with E-state index in [0.717, 1.165) is 12.1 Å². The Morgan fingerprint density at radius 1 is 1.36 bits per heavy atom. The van der Waals surface area contributed by atoms with Crippen molar-refractivity contribution in [2.24, 2.45) is 0 Å². The van der Waals surface area contributed by atoms with E-state index in [-0.39, 0.29) is 12.2 Å². The molecular formula is C10H7F3O. The van der Waals surface area contributed by atoms with Crippen molar-refractivity contribution in [3.05, 3.63) is 35.1 Å². The third-order valence-corrected chi connectivity index (χ3v) is 1.55. The summed E-state index contributed by atoms with van der Waals surface area (Å²) < 4.78 is 37.1. The Balaban J connectivity index is 3.00. The van der Waals surface area contributed by atoms with Crippen LogP contribution >= 0.6 is 0 Å². The molecule has 1 N–H and O–H groups in total. The lowest BCUT2D eigenvalue weighted by Gasteiger charge is -2.00. The average Bonchev–Trinajstić information content (AvgIpc) is 2.14. The van der Waals surface area contributed by atoms with E-state index in [2.05, 4.69) is 11.8 Å². The first-order chi connectivity index (χ1) is 6.65. The highest BCUT2D eigenvalue weighted by Gasteiger charge is 2.12. The van der Waals surface area contributed by atoms with Gasteiger partial charge in [-0.3, -0.25) is 0 Å². The zero-order chi connectivity index (χ0) is 10.6. The molecule has 0 radical (unpaired) electrons. The van der Waals surface area contributed by atoms with Crippen molar-refractivity contribution in [1.82, 2.24) is 0 Å². The van der Waals surface area contributed by atoms with Gasteiger partial charge in [0.25, 0.3) is 6.43 Å². The molecule has 1 aromatic rings. The number of hydrogen-bond acceptors (Lipinski definition) is 1. The third kappa shape index (κ3) is 2.51. The maximum atomic E-state index is 12.9. The normalized spacial score (nSPS) is 9.79. The lowest BCUT2D eigenvalue weighted by molar-refractivity contribution is 0.146. The van der Waals surface area contributed by atoms with Crippen LogP contribution in [0.25, 0.3) is 0 Å². The van der Waals surface area contributed by atoms with E-state index in [1.807, 2.05) is 0 Å². The molecule has 0 aliphatic carbocycles. The van der Waals surface area contributed by atoms with Crippen molar-refractivity contribution >= 4 is 0 Å². The Labute approximate surface area is 79.2 Å². The molecule has 1 nitrogen and oxygen atoms in total. The average molecular weight is 200 g/mol. The number of aliphatic hydroxyl groups is 1. The number of halogens is 3. The minimum absolute atomic E-state index is 0.265. The SMILES string of the molecule is OCC#Cc1ccc(C(F)F)c(F)c1. The summed E-state index contributed by atoms with van der Waals surface area (Å²) in [6.45, 7) is -0.349. The molecule has 1 rings (SSSR count). The minimum atomic E-state index is -2.82. The van der Waals surface area contributed by atoms with Gasteiger partial charge >= 0.3 is 0 Å². The molecule has 0 heterocycles. The predicted molar refractivity (Wildman–Crippen MR) is 45.3 cm³/mol. The predicted octanol–water partition coefficient (Wildman–Crippen LogP) is 2.11. The highest BCUT2D eigenvalue weighted by Crippen LogP contribution is 2.22. The first kappa shape index (κ1) is 10.6. The second kappa shape index (κ2) is 4.68. The topological polar surface area (TPSA) is 20.2 Å². The minimum Gasteiger partial charge on any atom is -0.384 e. The van der Waals surface area contributed by atoms with E-state index >= 15 is 0 Å². The van der Waals surface area contributed by atoms with E-state index in [0.29, 0.717) is 0 Å². The van der Waals surface area contributed by atoms with E-state index < -0.39 is 17.8 Å². The summed E-state index contributed by atoms with van der Waals surface area (Å²) in [5.74, 6) is 3.73. The van der Waals surface area contributed by atoms with Crippen LogP contribution in [0.4, 0.5) is 13.2 Å². The Kier molecular flexibility index (Phi) is 3.55. The van der Waals surface area contributed by atoms with E-state index in [1.54, 1.807) is 0 Å². The van der Waals surface area contributed by atoms with Gasteiger partial charge in [-0.1, -0.05) is 11.8 Å². The summed E-state index contributed by atoms with van der Waals surface area (Å²) in [5, 5.41) is 8.35. The zero-order valence-electron chi connectivity index (χ0n) is 7.10. The van der Waals surface area contributed by atoms with Crippen molar-refractivity contribution in [3.63, 3.8) is 0 Å². The van der Waals surface area contributed by atoms with Crippen LogP contribution in [0.1, 0.15) is 17.6 Å². The Hall–Kier alpha value is -1.47. The van der Waals surface area contributed by atoms with Crippen molar-refractivity contribution in [2.45, 2.75) is 6.43 Å². The third-order valence-electron chi connectivity index (χ3n) is 1.55. The van der Waals surface area contributed by atoms with Gasteiger partial charge in [0.15, 0.2) is 0 Å². The highest BCUT2D eigenvalue weighted by molar-refractivity contribution is 5.37. The van der Waals surface area contributed by atoms with Crippen LogP contribution in [-0.4, -0.2) is 11.7 Å². The van der Waals surface area contributed by atoms with Gasteiger partial charge in [-0.05, 0) is 18.2 Å². The molecule has 0 aliphatic heterocycles. The van der Waals surface area contributed by atoms with Crippen molar-refractivity contribution in [1.29, 1.82) is 0 Å². The van der Waals surface area contributed by atoms with Crippen molar-refractivity contribution in [3.8, 4) is 11.8 Å². The largest absolute Gasteiger partial charge is 0.384 e. The summed E-state index contributed by atoms with van der Waals surface area (Å²) >= 11 is 0. The van der Waals surface area contributed by atoms with Crippen molar-refractivity contribution < 1.29 is 18.3 Å². The van der Waals surface area contributed by atoms with Gasteiger partial charge in [0.1, 0.15) is 12.4 Å². The zero-order valence-corrected chi connectivity index (χ0v) is 7.10. The second-order valence-corrected chi connectivity index (χ2v) is 2.50. The molecule has 0 fully saturated rings. The summed E-state index contributed by atoms with van der Waals surface area (Å²) in [6, 6.07) is 3.19. The summed E-state index contributed by atoms with van der Waals surface area (Å²) in [5.41, 5.74) is -0.375. The standard InChI is InChI=1S/C10H7F3O/c11-9-6-7(2-1-5-14)3-4-8(9)10(12)13/h3-4,6,10,14H,5H2. The number of benzene rings is 1. The van der Waals surface area contributed by atoms with Gasteiger partial charge in [-0.2, -0.15) is 0 Å². The lowest BCUT2D eigenvalue weighted by atomic mass is 10.1. The van der Waals surface area contributed by atoms with Gasteiger partial charge in [0, 0.05) is 5.56 Å². The molecule has 0 saturated carbocycles. The Bertz CT molecular complexity index is 377. The fourth-order valence-electron chi connectivity index (χ4n) is 0.923. The number of rotatable bonds is 1. The molecule has 4 heteroatoms. The fourth-order valence-corrected chi connectivity index (χ4v) is 0.923. The molecule has 0 unspecified atom stereocenters. The van der Waals surface area contributed by atoms with Crippen LogP contribution in [0.2, 0.25) is 0 Å². The highest BCUT2D eigenvalue weighted by atomic mass is 19.3. The van der Waals surface area contributed by atoms with Crippen LogP contribution < -0.4 is 0 Å². The monoisotopic (exact) mass is 200 g/mol. The van der Waals surface area contributed by atoms with Crippen LogP contribution in [-0.2, 0) is 0 Å².